The van der Waals surface area contributed by atoms with Crippen LogP contribution in [0.2, 0.25) is 0 Å². The number of carbonyl (C=O) groups is 2. The number of hydroxylamine groups is 2. The highest BCUT2D eigenvalue weighted by Gasteiger charge is 2.42. The highest BCUT2D eigenvalue weighted by Crippen LogP contribution is 2.38. The van der Waals surface area contributed by atoms with Crippen LogP contribution in [-0.4, -0.2) is 39.5 Å². The molecule has 0 unspecified atom stereocenters. The molecule has 2 amide bonds. The van der Waals surface area contributed by atoms with E-state index in [-0.39, 0.29) is 23.5 Å². The van der Waals surface area contributed by atoms with Gasteiger partial charge in [-0.15, -0.1) is 0 Å². The summed E-state index contributed by atoms with van der Waals surface area (Å²) < 4.78 is 0. The normalized spacial score (nSPS) is 19.0. The minimum Gasteiger partial charge on any atom is -0.343 e. The Hall–Kier alpha value is -2.03. The molecule has 0 spiro atoms. The van der Waals surface area contributed by atoms with Crippen molar-refractivity contribution in [3.8, 4) is 0 Å². The van der Waals surface area contributed by atoms with Crippen molar-refractivity contribution < 1.29 is 14.4 Å². The van der Waals surface area contributed by atoms with Gasteiger partial charge in [-0.2, -0.15) is 5.06 Å². The Morgan fingerprint density at radius 1 is 1.23 bits per heavy atom. The van der Waals surface area contributed by atoms with E-state index < -0.39 is 5.91 Å². The van der Waals surface area contributed by atoms with Gasteiger partial charge in [-0.05, 0) is 58.6 Å². The highest BCUT2D eigenvalue weighted by molar-refractivity contribution is 5.96. The zero-order valence-electron chi connectivity index (χ0n) is 16.0. The van der Waals surface area contributed by atoms with Gasteiger partial charge in [-0.25, -0.2) is 5.84 Å². The quantitative estimate of drug-likeness (QED) is 0.399. The van der Waals surface area contributed by atoms with Crippen LogP contribution in [0, 0.1) is 0 Å². The molecule has 8 nitrogen and oxygen atoms in total. The zero-order valence-corrected chi connectivity index (χ0v) is 16.0. The molecule has 0 saturated carbocycles. The number of nitrogens with zero attached hydrogens (tertiary/aromatic N) is 2. The predicted octanol–water partition coefficient (Wildman–Crippen LogP) is 1.28. The van der Waals surface area contributed by atoms with Gasteiger partial charge < -0.3 is 5.32 Å². The highest BCUT2D eigenvalue weighted by atomic mass is 16.7. The van der Waals surface area contributed by atoms with E-state index in [1.54, 1.807) is 12.3 Å². The van der Waals surface area contributed by atoms with Crippen LogP contribution < -0.4 is 16.6 Å². The van der Waals surface area contributed by atoms with Crippen molar-refractivity contribution in [3.05, 3.63) is 29.6 Å². The Labute approximate surface area is 154 Å². The summed E-state index contributed by atoms with van der Waals surface area (Å²) in [5, 5.41) is 4.56. The third-order valence-electron chi connectivity index (χ3n) is 4.66. The fourth-order valence-electron chi connectivity index (χ4n) is 3.47. The molecule has 144 valence electrons. The lowest BCUT2D eigenvalue weighted by Crippen LogP contribution is -2.58. The van der Waals surface area contributed by atoms with Gasteiger partial charge in [-0.1, -0.05) is 0 Å². The van der Waals surface area contributed by atoms with Crippen LogP contribution in [0.1, 0.15) is 62.9 Å². The van der Waals surface area contributed by atoms with Crippen molar-refractivity contribution in [2.24, 2.45) is 5.84 Å². The van der Waals surface area contributed by atoms with Gasteiger partial charge in [-0.3, -0.25) is 24.8 Å². The molecular weight excluding hydrogens is 334 g/mol. The number of carbonyl (C=O) groups excluding carboxylic acids is 2. The fraction of sp³-hybridized carbons (Fsp3) is 0.611. The fourth-order valence-corrected chi connectivity index (χ4v) is 3.47. The Morgan fingerprint density at radius 3 is 2.50 bits per heavy atom. The van der Waals surface area contributed by atoms with Gasteiger partial charge in [0.15, 0.2) is 0 Å². The Balaban J connectivity index is 2.02. The van der Waals surface area contributed by atoms with Crippen LogP contribution in [0.25, 0.3) is 0 Å². The summed E-state index contributed by atoms with van der Waals surface area (Å²) in [6, 6.07) is 1.71. The van der Waals surface area contributed by atoms with E-state index in [9.17, 15) is 9.59 Å². The minimum atomic E-state index is -0.472. The number of piperidine rings is 1. The average Bonchev–Trinajstić information content (AvgIpc) is 2.58. The SMILES string of the molecule is CC1(C)CCCC(C)(C)N1OCc1cncc(C(=O)NCC(=O)NN)c1. The maximum absolute atomic E-state index is 12.1. The summed E-state index contributed by atoms with van der Waals surface area (Å²) in [6.45, 7) is 8.85. The van der Waals surface area contributed by atoms with E-state index in [2.05, 4.69) is 43.1 Å². The zero-order chi connectivity index (χ0) is 19.4. The molecule has 0 aliphatic carbocycles. The lowest BCUT2D eigenvalue weighted by molar-refractivity contribution is -0.288. The van der Waals surface area contributed by atoms with Gasteiger partial charge >= 0.3 is 0 Å². The monoisotopic (exact) mass is 363 g/mol. The molecule has 26 heavy (non-hydrogen) atoms. The van der Waals surface area contributed by atoms with Crippen LogP contribution >= 0.6 is 0 Å². The van der Waals surface area contributed by atoms with E-state index in [1.165, 1.54) is 12.6 Å². The van der Waals surface area contributed by atoms with E-state index in [0.29, 0.717) is 12.2 Å². The first-order chi connectivity index (χ1) is 12.2. The summed E-state index contributed by atoms with van der Waals surface area (Å²) in [6.07, 6.45) is 6.44. The van der Waals surface area contributed by atoms with Crippen molar-refractivity contribution >= 4 is 11.8 Å². The molecule has 4 N–H and O–H groups in total. The molecule has 1 aromatic rings. The van der Waals surface area contributed by atoms with E-state index >= 15 is 0 Å². The van der Waals surface area contributed by atoms with E-state index in [0.717, 1.165) is 18.4 Å². The number of hydrogen-bond acceptors (Lipinski definition) is 6. The maximum atomic E-state index is 12.1. The Bertz CT molecular complexity index is 644. The molecule has 0 radical (unpaired) electrons. The molecule has 1 aliphatic heterocycles. The van der Waals surface area contributed by atoms with Crippen molar-refractivity contribution in [2.75, 3.05) is 6.54 Å². The van der Waals surface area contributed by atoms with E-state index in [4.69, 9.17) is 10.7 Å². The number of hydrogen-bond donors (Lipinski definition) is 3. The first kappa shape index (κ1) is 20.3. The molecule has 1 saturated heterocycles. The van der Waals surface area contributed by atoms with Crippen LogP contribution in [0.5, 0.6) is 0 Å². The first-order valence-corrected chi connectivity index (χ1v) is 8.80. The molecule has 0 atom stereocenters. The van der Waals surface area contributed by atoms with Crippen LogP contribution in [-0.2, 0) is 16.2 Å². The summed E-state index contributed by atoms with van der Waals surface area (Å²) in [5.41, 5.74) is 3.01. The predicted molar refractivity (Wildman–Crippen MR) is 97.5 cm³/mol. The van der Waals surface area contributed by atoms with E-state index in [1.807, 2.05) is 5.43 Å². The molecule has 1 fully saturated rings. The molecule has 8 heteroatoms. The molecule has 0 bridgehead atoms. The molecular formula is C18H29N5O3. The Morgan fingerprint density at radius 2 is 1.88 bits per heavy atom. The van der Waals surface area contributed by atoms with Crippen LogP contribution in [0.4, 0.5) is 0 Å². The number of rotatable bonds is 6. The van der Waals surface area contributed by atoms with Gasteiger partial charge in [0.2, 0.25) is 0 Å². The number of aromatic nitrogens is 1. The standard InChI is InChI=1S/C18H29N5O3/c1-17(2)6-5-7-18(3,4)23(17)26-12-13-8-14(10-20-9-13)16(25)21-11-15(24)22-19/h8-10H,5-7,11-12,19H2,1-4H3,(H,21,25)(H,22,24). The molecule has 1 aromatic heterocycles. The lowest BCUT2D eigenvalue weighted by Gasteiger charge is -2.51. The number of hydrazine groups is 1. The average molecular weight is 363 g/mol. The summed E-state index contributed by atoms with van der Waals surface area (Å²) >= 11 is 0. The minimum absolute atomic E-state index is 0.0558. The van der Waals surface area contributed by atoms with Gasteiger partial charge in [0, 0.05) is 23.5 Å². The summed E-state index contributed by atoms with van der Waals surface area (Å²) in [4.78, 5) is 33.5. The third kappa shape index (κ3) is 5.00. The number of amides is 2. The van der Waals surface area contributed by atoms with Gasteiger partial charge in [0.05, 0.1) is 18.7 Å². The lowest BCUT2D eigenvalue weighted by atomic mass is 9.82. The maximum Gasteiger partial charge on any atom is 0.253 e. The van der Waals surface area contributed by atoms with Crippen molar-refractivity contribution in [1.29, 1.82) is 0 Å². The Kier molecular flexibility index (Phi) is 6.33. The topological polar surface area (TPSA) is 110 Å². The summed E-state index contributed by atoms with van der Waals surface area (Å²) in [7, 11) is 0. The summed E-state index contributed by atoms with van der Waals surface area (Å²) in [5.74, 6) is 4.13. The molecule has 1 aliphatic rings. The third-order valence-corrected chi connectivity index (χ3v) is 4.66. The molecule has 2 heterocycles. The van der Waals surface area contributed by atoms with Crippen LogP contribution in [0.15, 0.2) is 18.5 Å². The van der Waals surface area contributed by atoms with Crippen molar-refractivity contribution in [2.45, 2.75) is 64.6 Å². The van der Waals surface area contributed by atoms with Crippen LogP contribution in [0.3, 0.4) is 0 Å². The number of nitrogens with one attached hydrogen (secondary N) is 2. The largest absolute Gasteiger partial charge is 0.343 e. The second kappa shape index (κ2) is 8.11. The van der Waals surface area contributed by atoms with Gasteiger partial charge in [0.1, 0.15) is 0 Å². The number of nitrogens with two attached hydrogens (primary N) is 1. The first-order valence-electron chi connectivity index (χ1n) is 8.80. The molecule has 2 rings (SSSR count). The molecule has 0 aromatic carbocycles. The smallest absolute Gasteiger partial charge is 0.253 e. The van der Waals surface area contributed by atoms with Crippen molar-refractivity contribution in [1.82, 2.24) is 20.8 Å². The number of pyridine rings is 1. The second-order valence-electron chi connectivity index (χ2n) is 7.88. The second-order valence-corrected chi connectivity index (χ2v) is 7.88. The van der Waals surface area contributed by atoms with Crippen molar-refractivity contribution in [3.63, 3.8) is 0 Å². The van der Waals surface area contributed by atoms with Gasteiger partial charge in [0.25, 0.3) is 11.8 Å².